The maximum absolute atomic E-state index is 10.7. The highest BCUT2D eigenvalue weighted by Gasteiger charge is 2.18. The number of nitrogens with one attached hydrogen (secondary N) is 1. The van der Waals surface area contributed by atoms with Crippen molar-refractivity contribution in [2.24, 2.45) is 11.8 Å². The van der Waals surface area contributed by atoms with Crippen molar-refractivity contribution >= 4 is 27.3 Å². The Morgan fingerprint density at radius 3 is 2.85 bits per heavy atom. The molecular formula is C15H19BrN2O2. The van der Waals surface area contributed by atoms with Gasteiger partial charge in [0.05, 0.1) is 4.92 Å². The van der Waals surface area contributed by atoms with Crippen molar-refractivity contribution in [3.8, 4) is 0 Å². The van der Waals surface area contributed by atoms with Crippen LogP contribution in [0, 0.1) is 22.0 Å². The summed E-state index contributed by atoms with van der Waals surface area (Å²) in [6.07, 6.45) is 4.66. The second-order valence-corrected chi connectivity index (χ2v) is 6.45. The summed E-state index contributed by atoms with van der Waals surface area (Å²) in [4.78, 5) is 10.3. The van der Waals surface area contributed by atoms with Crippen molar-refractivity contribution < 1.29 is 4.92 Å². The molecule has 0 aliphatic heterocycles. The molecule has 1 aromatic carbocycles. The fraction of sp³-hybridized carbons (Fsp3) is 0.467. The Morgan fingerprint density at radius 2 is 2.25 bits per heavy atom. The van der Waals surface area contributed by atoms with E-state index in [0.717, 1.165) is 23.1 Å². The molecule has 4 nitrogen and oxygen atoms in total. The molecule has 0 fully saturated rings. The number of halogens is 1. The molecule has 2 atom stereocenters. The van der Waals surface area contributed by atoms with Crippen molar-refractivity contribution in [2.45, 2.75) is 26.7 Å². The van der Waals surface area contributed by atoms with Crippen LogP contribution in [-0.2, 0) is 0 Å². The minimum absolute atomic E-state index is 0.104. The van der Waals surface area contributed by atoms with Gasteiger partial charge in [0.25, 0.3) is 5.69 Å². The topological polar surface area (TPSA) is 55.2 Å². The lowest BCUT2D eigenvalue weighted by atomic mass is 9.84. The molecule has 0 bridgehead atoms. The molecule has 0 spiro atoms. The molecule has 1 N–H and O–H groups in total. The zero-order chi connectivity index (χ0) is 14.7. The van der Waals surface area contributed by atoms with Crippen molar-refractivity contribution in [1.82, 2.24) is 0 Å². The van der Waals surface area contributed by atoms with Crippen LogP contribution < -0.4 is 5.32 Å². The van der Waals surface area contributed by atoms with E-state index >= 15 is 0 Å². The number of allylic oxidation sites excluding steroid dienone is 2. The van der Waals surface area contributed by atoms with Crippen LogP contribution in [0.15, 0.2) is 34.3 Å². The van der Waals surface area contributed by atoms with Crippen LogP contribution in [0.4, 0.5) is 11.4 Å². The molecule has 0 aromatic heterocycles. The molecule has 1 aliphatic carbocycles. The van der Waals surface area contributed by atoms with Gasteiger partial charge in [-0.2, -0.15) is 0 Å². The normalized spacial score (nSPS) is 22.2. The average molecular weight is 339 g/mol. The van der Waals surface area contributed by atoms with Crippen molar-refractivity contribution in [2.75, 3.05) is 11.9 Å². The Labute approximate surface area is 127 Å². The second-order valence-electron chi connectivity index (χ2n) is 5.60. The summed E-state index contributed by atoms with van der Waals surface area (Å²) in [6, 6.07) is 4.83. The summed E-state index contributed by atoms with van der Waals surface area (Å²) in [5, 5.41) is 14.1. The van der Waals surface area contributed by atoms with Crippen LogP contribution in [0.2, 0.25) is 0 Å². The summed E-state index contributed by atoms with van der Waals surface area (Å²) < 4.78 is 0.739. The number of hydrogen-bond donors (Lipinski definition) is 1. The predicted molar refractivity (Wildman–Crippen MR) is 84.9 cm³/mol. The Balaban J connectivity index is 1.98. The Bertz CT molecular complexity index is 543. The summed E-state index contributed by atoms with van der Waals surface area (Å²) in [6.45, 7) is 5.33. The van der Waals surface area contributed by atoms with Gasteiger partial charge in [0.1, 0.15) is 0 Å². The van der Waals surface area contributed by atoms with E-state index in [2.05, 4.69) is 41.2 Å². The molecule has 0 radical (unpaired) electrons. The summed E-state index contributed by atoms with van der Waals surface area (Å²) >= 11 is 3.39. The lowest BCUT2D eigenvalue weighted by Gasteiger charge is -2.26. The molecule has 5 heteroatoms. The van der Waals surface area contributed by atoms with E-state index in [4.69, 9.17) is 0 Å². The van der Waals surface area contributed by atoms with E-state index in [0.29, 0.717) is 11.8 Å². The first-order valence-corrected chi connectivity index (χ1v) is 7.60. The van der Waals surface area contributed by atoms with Gasteiger partial charge in [0.2, 0.25) is 0 Å². The number of nitrogens with zero attached hydrogens (tertiary/aromatic N) is 1. The largest absolute Gasteiger partial charge is 0.384 e. The van der Waals surface area contributed by atoms with Gasteiger partial charge in [0, 0.05) is 28.8 Å². The molecule has 0 amide bonds. The molecule has 0 saturated carbocycles. The van der Waals surface area contributed by atoms with Crippen molar-refractivity contribution in [3.05, 3.63) is 44.4 Å². The molecule has 0 saturated heterocycles. The molecule has 2 rings (SSSR count). The zero-order valence-electron chi connectivity index (χ0n) is 11.7. The van der Waals surface area contributed by atoms with E-state index in [9.17, 15) is 10.1 Å². The lowest BCUT2D eigenvalue weighted by Crippen LogP contribution is -2.20. The van der Waals surface area contributed by atoms with Crippen LogP contribution in [0.1, 0.15) is 26.7 Å². The SMILES string of the molecule is CC1=CC(C)CC(CNc2ccc([N+](=O)[O-])cc2Br)C1. The smallest absolute Gasteiger partial charge is 0.270 e. The maximum atomic E-state index is 10.7. The van der Waals surface area contributed by atoms with Gasteiger partial charge >= 0.3 is 0 Å². The molecule has 1 aromatic rings. The lowest BCUT2D eigenvalue weighted by molar-refractivity contribution is -0.384. The predicted octanol–water partition coefficient (Wildman–Crippen LogP) is 4.76. The molecule has 1 aliphatic rings. The van der Waals surface area contributed by atoms with E-state index in [-0.39, 0.29) is 10.6 Å². The number of nitro groups is 1. The molecule has 0 heterocycles. The van der Waals surface area contributed by atoms with Gasteiger partial charge in [0.15, 0.2) is 0 Å². The minimum atomic E-state index is -0.383. The first-order valence-electron chi connectivity index (χ1n) is 6.81. The molecule has 2 unspecified atom stereocenters. The second kappa shape index (κ2) is 6.39. The van der Waals surface area contributed by atoms with Crippen LogP contribution in [0.5, 0.6) is 0 Å². The number of rotatable bonds is 4. The standard InChI is InChI=1S/C15H19BrN2O2/c1-10-5-11(2)7-12(6-10)9-17-15-4-3-13(18(19)20)8-14(15)16/h3-5,8,10,12,17H,6-7,9H2,1-2H3. The summed E-state index contributed by atoms with van der Waals surface area (Å²) in [5.74, 6) is 1.26. The third-order valence-electron chi connectivity index (χ3n) is 3.63. The highest BCUT2D eigenvalue weighted by molar-refractivity contribution is 9.10. The zero-order valence-corrected chi connectivity index (χ0v) is 13.3. The van der Waals surface area contributed by atoms with E-state index in [1.165, 1.54) is 24.1 Å². The van der Waals surface area contributed by atoms with Gasteiger partial charge in [-0.25, -0.2) is 0 Å². The Kier molecular flexibility index (Phi) is 4.81. The quantitative estimate of drug-likeness (QED) is 0.489. The number of nitro benzene ring substituents is 1. The number of anilines is 1. The third-order valence-corrected chi connectivity index (χ3v) is 4.29. The fourth-order valence-electron chi connectivity index (χ4n) is 2.86. The maximum Gasteiger partial charge on any atom is 0.270 e. The van der Waals surface area contributed by atoms with Crippen molar-refractivity contribution in [1.29, 1.82) is 0 Å². The third kappa shape index (κ3) is 3.82. The van der Waals surface area contributed by atoms with Gasteiger partial charge < -0.3 is 5.32 Å². The molecule has 20 heavy (non-hydrogen) atoms. The van der Waals surface area contributed by atoms with E-state index in [1.54, 1.807) is 6.07 Å². The number of benzene rings is 1. The van der Waals surface area contributed by atoms with Crippen LogP contribution in [0.25, 0.3) is 0 Å². The van der Waals surface area contributed by atoms with Crippen LogP contribution in [0.3, 0.4) is 0 Å². The van der Waals surface area contributed by atoms with E-state index in [1.807, 2.05) is 0 Å². The van der Waals surface area contributed by atoms with Crippen molar-refractivity contribution in [3.63, 3.8) is 0 Å². The van der Waals surface area contributed by atoms with Gasteiger partial charge in [-0.15, -0.1) is 0 Å². The fourth-order valence-corrected chi connectivity index (χ4v) is 3.36. The molecular weight excluding hydrogens is 320 g/mol. The summed E-state index contributed by atoms with van der Waals surface area (Å²) in [5.41, 5.74) is 2.47. The summed E-state index contributed by atoms with van der Waals surface area (Å²) in [7, 11) is 0. The van der Waals surface area contributed by atoms with E-state index < -0.39 is 0 Å². The minimum Gasteiger partial charge on any atom is -0.384 e. The first kappa shape index (κ1) is 15.0. The highest BCUT2D eigenvalue weighted by atomic mass is 79.9. The number of hydrogen-bond acceptors (Lipinski definition) is 3. The molecule has 108 valence electrons. The number of non-ortho nitro benzene ring substituents is 1. The monoisotopic (exact) mass is 338 g/mol. The first-order chi connectivity index (χ1) is 9.45. The highest BCUT2D eigenvalue weighted by Crippen LogP contribution is 2.30. The van der Waals surface area contributed by atoms with Gasteiger partial charge in [-0.3, -0.25) is 10.1 Å². The van der Waals surface area contributed by atoms with Gasteiger partial charge in [-0.1, -0.05) is 18.6 Å². The average Bonchev–Trinajstić information content (AvgIpc) is 2.36. The Morgan fingerprint density at radius 1 is 1.50 bits per heavy atom. The Hall–Kier alpha value is -1.36. The van der Waals surface area contributed by atoms with Crippen LogP contribution in [-0.4, -0.2) is 11.5 Å². The van der Waals surface area contributed by atoms with Crippen LogP contribution >= 0.6 is 15.9 Å². The van der Waals surface area contributed by atoms with Gasteiger partial charge in [-0.05, 0) is 53.6 Å².